The summed E-state index contributed by atoms with van der Waals surface area (Å²) in [5.74, 6) is -4.13. The van der Waals surface area contributed by atoms with Crippen LogP contribution in [0.3, 0.4) is 0 Å². The number of rotatable bonds is 14. The summed E-state index contributed by atoms with van der Waals surface area (Å²) in [5.41, 5.74) is 14.3. The molecule has 0 saturated heterocycles. The monoisotopic (exact) mass is 804 g/mol. The first-order chi connectivity index (χ1) is 28.9. The number of para-hydroxylation sites is 1. The number of primary amides is 2. The molecule has 0 aliphatic heterocycles. The Morgan fingerprint density at radius 1 is 0.567 bits per heavy atom. The molecule has 4 heterocycles. The fourth-order valence-corrected chi connectivity index (χ4v) is 6.25. The molecular formula is C44H40N10O6. The number of nitrogens with one attached hydrogen (secondary N) is 2. The van der Waals surface area contributed by atoms with Crippen LogP contribution in [-0.2, 0) is 32.0 Å². The number of amides is 4. The lowest BCUT2D eigenvalue weighted by Crippen LogP contribution is -2.47. The highest BCUT2D eigenvalue weighted by molar-refractivity contribution is 6.38. The number of aryl methyl sites for hydroxylation is 2. The fraction of sp³-hybridized carbons (Fsp3) is 0.136. The molecule has 0 fully saturated rings. The van der Waals surface area contributed by atoms with Gasteiger partial charge in [-0.2, -0.15) is 10.2 Å². The first-order valence-electron chi connectivity index (χ1n) is 18.7. The van der Waals surface area contributed by atoms with Crippen LogP contribution in [0.15, 0.2) is 134 Å². The molecule has 2 atom stereocenters. The second-order valence-corrected chi connectivity index (χ2v) is 13.6. The van der Waals surface area contributed by atoms with E-state index in [2.05, 4.69) is 30.8 Å². The van der Waals surface area contributed by atoms with Crippen LogP contribution in [0.5, 0.6) is 0 Å². The molecule has 7 rings (SSSR count). The van der Waals surface area contributed by atoms with E-state index in [1.54, 1.807) is 80.7 Å². The van der Waals surface area contributed by atoms with Gasteiger partial charge in [-0.25, -0.2) is 19.3 Å². The van der Waals surface area contributed by atoms with Gasteiger partial charge in [-0.3, -0.25) is 28.8 Å². The van der Waals surface area contributed by atoms with Gasteiger partial charge in [0.1, 0.15) is 23.5 Å². The average Bonchev–Trinajstić information content (AvgIpc) is 3.86. The summed E-state index contributed by atoms with van der Waals surface area (Å²) < 4.78 is 2.81. The molecule has 0 spiro atoms. The number of Topliss-reactive ketones (excluding diaryl/α,β-unsaturated/α-hetero) is 2. The Morgan fingerprint density at radius 3 is 1.52 bits per heavy atom. The number of benzene rings is 3. The molecule has 4 aromatic heterocycles. The van der Waals surface area contributed by atoms with Crippen LogP contribution in [0.1, 0.15) is 43.5 Å². The molecule has 0 saturated carbocycles. The van der Waals surface area contributed by atoms with E-state index in [0.29, 0.717) is 23.0 Å². The van der Waals surface area contributed by atoms with E-state index in [1.807, 2.05) is 66.7 Å². The normalized spacial score (nSPS) is 11.7. The van der Waals surface area contributed by atoms with E-state index in [-0.39, 0.29) is 24.2 Å². The number of hydrogen-bond acceptors (Lipinski definition) is 10. The molecule has 0 bridgehead atoms. The van der Waals surface area contributed by atoms with E-state index >= 15 is 0 Å². The van der Waals surface area contributed by atoms with Crippen LogP contribution in [0.25, 0.3) is 22.5 Å². The maximum absolute atomic E-state index is 13.1. The number of aromatic nitrogens is 6. The third-order valence-corrected chi connectivity index (χ3v) is 9.09. The molecule has 60 heavy (non-hydrogen) atoms. The minimum atomic E-state index is -1.10. The van der Waals surface area contributed by atoms with Crippen LogP contribution in [0.2, 0.25) is 0 Å². The molecule has 6 N–H and O–H groups in total. The highest BCUT2D eigenvalue weighted by Gasteiger charge is 2.29. The highest BCUT2D eigenvalue weighted by atomic mass is 16.2. The van der Waals surface area contributed by atoms with Crippen molar-refractivity contribution in [1.29, 1.82) is 0 Å². The smallest absolute Gasteiger partial charge is 0.287 e. The maximum atomic E-state index is 13.1. The Hall–Kier alpha value is -8.14. The predicted molar refractivity (Wildman–Crippen MR) is 221 cm³/mol. The fourth-order valence-electron chi connectivity index (χ4n) is 6.25. The second-order valence-electron chi connectivity index (χ2n) is 13.6. The molecule has 0 radical (unpaired) electrons. The molecule has 16 nitrogen and oxygen atoms in total. The molecule has 2 unspecified atom stereocenters. The lowest BCUT2D eigenvalue weighted by molar-refractivity contribution is -0.137. The number of pyridine rings is 2. The molecule has 16 heteroatoms. The first-order valence-corrected chi connectivity index (χ1v) is 18.7. The van der Waals surface area contributed by atoms with Crippen molar-refractivity contribution in [3.05, 3.63) is 167 Å². The van der Waals surface area contributed by atoms with Crippen molar-refractivity contribution in [1.82, 2.24) is 40.2 Å². The van der Waals surface area contributed by atoms with Crippen LogP contribution in [0.4, 0.5) is 0 Å². The van der Waals surface area contributed by atoms with Gasteiger partial charge in [0.25, 0.3) is 23.6 Å². The van der Waals surface area contributed by atoms with Crippen molar-refractivity contribution in [2.45, 2.75) is 38.8 Å². The summed E-state index contributed by atoms with van der Waals surface area (Å²) in [7, 11) is 0. The van der Waals surface area contributed by atoms with Crippen molar-refractivity contribution >= 4 is 46.1 Å². The third-order valence-electron chi connectivity index (χ3n) is 9.09. The van der Waals surface area contributed by atoms with Gasteiger partial charge in [0.15, 0.2) is 11.6 Å². The lowest BCUT2D eigenvalue weighted by Gasteiger charge is -2.17. The number of carbonyl (C=O) groups excluding carboxylic acids is 6. The minimum absolute atomic E-state index is 0.135. The van der Waals surface area contributed by atoms with Gasteiger partial charge in [0, 0.05) is 24.4 Å². The predicted octanol–water partition coefficient (Wildman–Crippen LogP) is 3.10. The number of hydrogen-bond donors (Lipinski definition) is 4. The zero-order valence-corrected chi connectivity index (χ0v) is 32.6. The van der Waals surface area contributed by atoms with Crippen molar-refractivity contribution in [2.24, 2.45) is 11.5 Å². The highest BCUT2D eigenvalue weighted by Crippen LogP contribution is 2.18. The van der Waals surface area contributed by atoms with Gasteiger partial charge in [0.2, 0.25) is 11.6 Å². The van der Waals surface area contributed by atoms with Gasteiger partial charge in [-0.1, -0.05) is 84.9 Å². The number of nitrogens with two attached hydrogens (primary N) is 2. The van der Waals surface area contributed by atoms with Crippen molar-refractivity contribution in [2.75, 3.05) is 0 Å². The molecule has 4 amide bonds. The van der Waals surface area contributed by atoms with Crippen molar-refractivity contribution in [3.8, 4) is 11.6 Å². The standard InChI is InChI=1S/C24H21N5O3.C20H19N5O3/c1-15-13-20(29(28-15)21-12-11-17-9-5-6-10-18(17)26-21)24(32)27-19(22(30)23(25)31)14-16-7-3-2-4-8-16;1-13-11-16(25(24-13)17-9-5-6-10-22-17)20(28)23-15(18(26)19(21)27)12-14-7-3-2-4-8-14/h2-13,19H,14H2,1H3,(H2,25,31)(H,27,32);2-11,15H,12H2,1H3,(H2,21,27)(H,23,28). The summed E-state index contributed by atoms with van der Waals surface area (Å²) in [4.78, 5) is 82.4. The van der Waals surface area contributed by atoms with E-state index in [0.717, 1.165) is 22.0 Å². The summed E-state index contributed by atoms with van der Waals surface area (Å²) in [6.45, 7) is 3.50. The molecule has 7 aromatic rings. The Kier molecular flexibility index (Phi) is 13.0. The molecular weight excluding hydrogens is 765 g/mol. The number of ketones is 2. The number of carbonyl (C=O) groups is 6. The van der Waals surface area contributed by atoms with Crippen LogP contribution >= 0.6 is 0 Å². The number of nitrogens with zero attached hydrogens (tertiary/aromatic N) is 6. The third kappa shape index (κ3) is 10.2. The van der Waals surface area contributed by atoms with E-state index < -0.39 is 47.3 Å². The van der Waals surface area contributed by atoms with Gasteiger partial charge in [-0.15, -0.1) is 0 Å². The van der Waals surface area contributed by atoms with Gasteiger partial charge >= 0.3 is 0 Å². The van der Waals surface area contributed by atoms with Gasteiger partial charge < -0.3 is 22.1 Å². The van der Waals surface area contributed by atoms with E-state index in [1.165, 1.54) is 9.36 Å². The van der Waals surface area contributed by atoms with Crippen LogP contribution in [0, 0.1) is 13.8 Å². The molecule has 0 aliphatic carbocycles. The number of fused-ring (bicyclic) bond motifs is 1. The Labute approximate surface area is 343 Å². The Morgan fingerprint density at radius 2 is 1.03 bits per heavy atom. The van der Waals surface area contributed by atoms with Crippen molar-refractivity contribution in [3.63, 3.8) is 0 Å². The van der Waals surface area contributed by atoms with Crippen molar-refractivity contribution < 1.29 is 28.8 Å². The van der Waals surface area contributed by atoms with Gasteiger partial charge in [-0.05, 0) is 67.4 Å². The van der Waals surface area contributed by atoms with Crippen LogP contribution < -0.4 is 22.1 Å². The lowest BCUT2D eigenvalue weighted by atomic mass is 10.0. The Bertz CT molecular complexity index is 2680. The summed E-state index contributed by atoms with van der Waals surface area (Å²) in [6.07, 6.45) is 1.86. The maximum Gasteiger partial charge on any atom is 0.287 e. The van der Waals surface area contributed by atoms with Crippen LogP contribution in [-0.4, -0.2) is 76.8 Å². The van der Waals surface area contributed by atoms with E-state index in [4.69, 9.17) is 11.5 Å². The van der Waals surface area contributed by atoms with E-state index in [9.17, 15) is 28.8 Å². The molecule has 302 valence electrons. The quantitative estimate of drug-likeness (QED) is 0.117. The zero-order valence-electron chi connectivity index (χ0n) is 32.6. The topological polar surface area (TPSA) is 240 Å². The molecule has 0 aliphatic rings. The first kappa shape index (κ1) is 41.5. The average molecular weight is 805 g/mol. The largest absolute Gasteiger partial charge is 0.363 e. The SMILES string of the molecule is Cc1cc(C(=O)NC(Cc2ccccc2)C(=O)C(N)=O)n(-c2ccc3ccccc3n2)n1.Cc1cc(C(=O)NC(Cc2ccccc2)C(=O)C(N)=O)n(-c2ccccn2)n1. The van der Waals surface area contributed by atoms with Gasteiger partial charge in [0.05, 0.1) is 16.9 Å². The summed E-state index contributed by atoms with van der Waals surface area (Å²) in [5, 5.41) is 14.9. The zero-order chi connectivity index (χ0) is 42.8. The summed E-state index contributed by atoms with van der Waals surface area (Å²) in [6, 6.07) is 35.6. The minimum Gasteiger partial charge on any atom is -0.363 e. The summed E-state index contributed by atoms with van der Waals surface area (Å²) >= 11 is 0. The Balaban J connectivity index is 0.000000203. The molecule has 3 aromatic carbocycles. The second kappa shape index (κ2) is 18.9.